The van der Waals surface area contributed by atoms with Crippen molar-refractivity contribution in [2.45, 2.75) is 26.0 Å². The van der Waals surface area contributed by atoms with Crippen molar-refractivity contribution in [1.29, 1.82) is 0 Å². The first-order valence-corrected chi connectivity index (χ1v) is 8.37. The van der Waals surface area contributed by atoms with Gasteiger partial charge in [0.1, 0.15) is 18.5 Å². The summed E-state index contributed by atoms with van der Waals surface area (Å²) in [6, 6.07) is 10.8. The second kappa shape index (κ2) is 8.05. The van der Waals surface area contributed by atoms with Gasteiger partial charge in [0.2, 0.25) is 0 Å². The summed E-state index contributed by atoms with van der Waals surface area (Å²) >= 11 is 0. The third-order valence-electron chi connectivity index (χ3n) is 3.23. The summed E-state index contributed by atoms with van der Waals surface area (Å²) in [6.45, 7) is 4.60. The van der Waals surface area contributed by atoms with E-state index in [9.17, 15) is 13.5 Å². The molecule has 7 heteroatoms. The molecule has 23 heavy (non-hydrogen) atoms. The van der Waals surface area contributed by atoms with Crippen LogP contribution in [-0.4, -0.2) is 38.8 Å². The topological polar surface area (TPSA) is 88.0 Å². The van der Waals surface area contributed by atoms with E-state index in [0.29, 0.717) is 29.4 Å². The molecule has 2 N–H and O–H groups in total. The molecule has 0 aliphatic carbocycles. The van der Waals surface area contributed by atoms with Crippen LogP contribution in [0.1, 0.15) is 13.8 Å². The Morgan fingerprint density at radius 2 is 1.87 bits per heavy atom. The number of rotatable bonds is 7. The normalized spacial score (nSPS) is 12.3. The number of ether oxygens (including phenoxy) is 1. The Hall–Kier alpha value is -1.96. The maximum atomic E-state index is 10.8. The number of hydrogen-bond donors (Lipinski definition) is 2. The fourth-order valence-electron chi connectivity index (χ4n) is 2.16. The maximum absolute atomic E-state index is 10.8. The Balaban J connectivity index is 2.21. The summed E-state index contributed by atoms with van der Waals surface area (Å²) in [7, 11) is -2.51. The summed E-state index contributed by atoms with van der Waals surface area (Å²) in [4.78, 5) is 0. The Kier molecular flexibility index (Phi) is 6.09. The molecule has 124 valence electrons. The van der Waals surface area contributed by atoms with Gasteiger partial charge >= 0.3 is 10.5 Å². The fourth-order valence-corrected chi connectivity index (χ4v) is 2.48. The Morgan fingerprint density at radius 3 is 2.52 bits per heavy atom. The van der Waals surface area contributed by atoms with E-state index in [2.05, 4.69) is 9.68 Å². The molecule has 2 aromatic rings. The van der Waals surface area contributed by atoms with Crippen LogP contribution < -0.4 is 10.1 Å². The highest BCUT2D eigenvalue weighted by molar-refractivity contribution is 7.61. The van der Waals surface area contributed by atoms with Crippen molar-refractivity contribution in [3.8, 4) is 5.75 Å². The monoisotopic (exact) mass is 336 g/mol. The number of fused-ring (bicyclic) bond motifs is 1. The molecule has 0 bridgehead atoms. The molecule has 0 saturated carbocycles. The SMILES string of the molecule is CC(C)NC[C@@H](O)COc1ccc(N=S(=O)=O)c2ccccc12. The molecule has 0 fully saturated rings. The van der Waals surface area contributed by atoms with E-state index in [-0.39, 0.29) is 6.61 Å². The molecule has 6 nitrogen and oxygen atoms in total. The van der Waals surface area contributed by atoms with Crippen LogP contribution in [0.25, 0.3) is 10.8 Å². The highest BCUT2D eigenvalue weighted by Crippen LogP contribution is 2.33. The molecule has 0 aliphatic heterocycles. The maximum Gasteiger partial charge on any atom is 0.316 e. The molecule has 0 saturated heterocycles. The van der Waals surface area contributed by atoms with Gasteiger partial charge in [-0.15, -0.1) is 4.36 Å². The quantitative estimate of drug-likeness (QED) is 0.810. The van der Waals surface area contributed by atoms with Crippen molar-refractivity contribution >= 4 is 27.0 Å². The van der Waals surface area contributed by atoms with Crippen molar-refractivity contribution in [2.75, 3.05) is 13.2 Å². The minimum atomic E-state index is -2.51. The van der Waals surface area contributed by atoms with Gasteiger partial charge in [-0.2, -0.15) is 8.42 Å². The Morgan fingerprint density at radius 1 is 1.17 bits per heavy atom. The summed E-state index contributed by atoms with van der Waals surface area (Å²) in [5, 5.41) is 14.5. The van der Waals surface area contributed by atoms with E-state index in [1.54, 1.807) is 24.3 Å². The second-order valence-electron chi connectivity index (χ2n) is 5.46. The lowest BCUT2D eigenvalue weighted by atomic mass is 10.1. The van der Waals surface area contributed by atoms with Gasteiger partial charge in [-0.1, -0.05) is 38.1 Å². The summed E-state index contributed by atoms with van der Waals surface area (Å²) < 4.78 is 30.9. The van der Waals surface area contributed by atoms with E-state index in [0.717, 1.165) is 5.39 Å². The van der Waals surface area contributed by atoms with Crippen LogP contribution in [0.2, 0.25) is 0 Å². The minimum Gasteiger partial charge on any atom is -0.490 e. The number of aliphatic hydroxyl groups is 1. The van der Waals surface area contributed by atoms with Crippen molar-refractivity contribution in [3.63, 3.8) is 0 Å². The fraction of sp³-hybridized carbons (Fsp3) is 0.375. The highest BCUT2D eigenvalue weighted by atomic mass is 32.2. The molecule has 2 aromatic carbocycles. The molecule has 0 amide bonds. The zero-order chi connectivity index (χ0) is 16.8. The van der Waals surface area contributed by atoms with Gasteiger partial charge in [-0.3, -0.25) is 0 Å². The van der Waals surface area contributed by atoms with Gasteiger partial charge < -0.3 is 15.2 Å². The van der Waals surface area contributed by atoms with Gasteiger partial charge in [0.15, 0.2) is 0 Å². The first-order chi connectivity index (χ1) is 11.0. The van der Waals surface area contributed by atoms with Gasteiger partial charge in [0.05, 0.1) is 5.69 Å². The molecular formula is C16H20N2O4S. The zero-order valence-corrected chi connectivity index (χ0v) is 13.9. The highest BCUT2D eigenvalue weighted by Gasteiger charge is 2.10. The summed E-state index contributed by atoms with van der Waals surface area (Å²) in [6.07, 6.45) is -0.630. The first-order valence-electron chi connectivity index (χ1n) is 7.34. The predicted molar refractivity (Wildman–Crippen MR) is 89.6 cm³/mol. The molecule has 1 atom stereocenters. The van der Waals surface area contributed by atoms with Crippen LogP contribution >= 0.6 is 0 Å². The first kappa shape index (κ1) is 17.4. The lowest BCUT2D eigenvalue weighted by molar-refractivity contribution is 0.105. The van der Waals surface area contributed by atoms with E-state index < -0.39 is 16.6 Å². The number of nitrogens with one attached hydrogen (secondary N) is 1. The van der Waals surface area contributed by atoms with Crippen LogP contribution in [0.5, 0.6) is 5.75 Å². The van der Waals surface area contributed by atoms with Gasteiger partial charge in [-0.25, -0.2) is 0 Å². The van der Waals surface area contributed by atoms with Crippen LogP contribution in [0.3, 0.4) is 0 Å². The van der Waals surface area contributed by atoms with E-state index in [1.807, 2.05) is 26.0 Å². The van der Waals surface area contributed by atoms with Gasteiger partial charge in [0, 0.05) is 23.4 Å². The summed E-state index contributed by atoms with van der Waals surface area (Å²) in [5.74, 6) is 0.583. The predicted octanol–water partition coefficient (Wildman–Crippen LogP) is 2.27. The van der Waals surface area contributed by atoms with Crippen molar-refractivity contribution in [3.05, 3.63) is 36.4 Å². The molecule has 0 unspecified atom stereocenters. The van der Waals surface area contributed by atoms with Crippen LogP contribution in [0, 0.1) is 0 Å². The average Bonchev–Trinajstić information content (AvgIpc) is 2.51. The van der Waals surface area contributed by atoms with Crippen molar-refractivity contribution < 1.29 is 18.3 Å². The number of aliphatic hydroxyl groups excluding tert-OH is 1. The van der Waals surface area contributed by atoms with Gasteiger partial charge in [-0.05, 0) is 12.1 Å². The molecule has 0 radical (unpaired) electrons. The Labute approximate surface area is 136 Å². The lowest BCUT2D eigenvalue weighted by Gasteiger charge is -2.16. The van der Waals surface area contributed by atoms with Crippen LogP contribution in [0.15, 0.2) is 40.8 Å². The number of hydrogen-bond acceptors (Lipinski definition) is 6. The van der Waals surface area contributed by atoms with E-state index in [1.165, 1.54) is 0 Å². The molecule has 0 aromatic heterocycles. The van der Waals surface area contributed by atoms with E-state index >= 15 is 0 Å². The largest absolute Gasteiger partial charge is 0.490 e. The van der Waals surface area contributed by atoms with Crippen LogP contribution in [-0.2, 0) is 10.5 Å². The second-order valence-corrected chi connectivity index (χ2v) is 6.08. The van der Waals surface area contributed by atoms with Crippen molar-refractivity contribution in [2.24, 2.45) is 4.36 Å². The molecule has 0 heterocycles. The number of benzene rings is 2. The molecule has 0 spiro atoms. The lowest BCUT2D eigenvalue weighted by Crippen LogP contribution is -2.35. The summed E-state index contributed by atoms with van der Waals surface area (Å²) in [5.41, 5.74) is 0.364. The molecule has 0 aliphatic rings. The van der Waals surface area contributed by atoms with Crippen molar-refractivity contribution in [1.82, 2.24) is 5.32 Å². The minimum absolute atomic E-state index is 0.147. The van der Waals surface area contributed by atoms with Gasteiger partial charge in [0.25, 0.3) is 0 Å². The third-order valence-corrected chi connectivity index (χ3v) is 3.57. The average molecular weight is 336 g/mol. The van der Waals surface area contributed by atoms with E-state index in [4.69, 9.17) is 4.74 Å². The molecular weight excluding hydrogens is 316 g/mol. The van der Waals surface area contributed by atoms with Crippen LogP contribution in [0.4, 0.5) is 5.69 Å². The smallest absolute Gasteiger partial charge is 0.316 e. The Bertz CT molecular complexity index is 795. The standard InChI is InChI=1S/C16H20N2O4S/c1-11(2)17-9-12(19)10-22-16-8-7-15(18-23(20)21)13-5-3-4-6-14(13)16/h3-8,11-12,17,19H,9-10H2,1-2H3/t12-/m1/s1. The third kappa shape index (κ3) is 5.02. The molecule has 2 rings (SSSR count). The zero-order valence-electron chi connectivity index (χ0n) is 13.1. The number of nitrogens with zero attached hydrogens (tertiary/aromatic N) is 1.